The molecule has 1 fully saturated rings. The van der Waals surface area contributed by atoms with Gasteiger partial charge >= 0.3 is 0 Å². The van der Waals surface area contributed by atoms with Crippen LogP contribution < -0.4 is 5.32 Å². The molecule has 0 aliphatic carbocycles. The van der Waals surface area contributed by atoms with E-state index in [2.05, 4.69) is 46.7 Å². The van der Waals surface area contributed by atoms with Gasteiger partial charge in [-0.1, -0.05) is 6.07 Å². The third kappa shape index (κ3) is 1.35. The zero-order chi connectivity index (χ0) is 11.1. The van der Waals surface area contributed by atoms with Gasteiger partial charge in [-0.05, 0) is 38.9 Å². The lowest BCUT2D eigenvalue weighted by atomic mass is 10.0. The lowest BCUT2D eigenvalue weighted by Gasteiger charge is -2.11. The highest BCUT2D eigenvalue weighted by Gasteiger charge is 2.23. The number of aromatic nitrogens is 2. The second-order valence-corrected chi connectivity index (χ2v) is 4.63. The van der Waals surface area contributed by atoms with Gasteiger partial charge in [-0.15, -0.1) is 0 Å². The Labute approximate surface area is 95.5 Å². The molecule has 1 atom stereocenters. The molecule has 3 nitrogen and oxygen atoms in total. The molecule has 0 radical (unpaired) electrons. The van der Waals surface area contributed by atoms with Gasteiger partial charge in [-0.2, -0.15) is 0 Å². The van der Waals surface area contributed by atoms with Crippen molar-refractivity contribution in [3.63, 3.8) is 0 Å². The second-order valence-electron chi connectivity index (χ2n) is 4.63. The van der Waals surface area contributed by atoms with Gasteiger partial charge in [-0.25, -0.2) is 4.98 Å². The summed E-state index contributed by atoms with van der Waals surface area (Å²) in [5.74, 6) is 0.621. The maximum atomic E-state index is 4.65. The van der Waals surface area contributed by atoms with Gasteiger partial charge in [0.2, 0.25) is 0 Å². The van der Waals surface area contributed by atoms with E-state index in [1.165, 1.54) is 23.5 Å². The molecule has 2 aromatic heterocycles. The van der Waals surface area contributed by atoms with Crippen LogP contribution in [-0.4, -0.2) is 22.5 Å². The van der Waals surface area contributed by atoms with Crippen LogP contribution in [0.3, 0.4) is 0 Å². The van der Waals surface area contributed by atoms with Crippen LogP contribution in [-0.2, 0) is 0 Å². The Hall–Kier alpha value is -1.35. The van der Waals surface area contributed by atoms with Crippen molar-refractivity contribution in [2.45, 2.75) is 26.2 Å². The van der Waals surface area contributed by atoms with Crippen molar-refractivity contribution in [3.05, 3.63) is 35.3 Å². The monoisotopic (exact) mass is 215 g/mol. The Morgan fingerprint density at radius 1 is 1.38 bits per heavy atom. The Balaban J connectivity index is 2.25. The molecule has 1 unspecified atom stereocenters. The summed E-state index contributed by atoms with van der Waals surface area (Å²) in [4.78, 5) is 4.65. The van der Waals surface area contributed by atoms with Crippen molar-refractivity contribution in [1.29, 1.82) is 0 Å². The Kier molecular flexibility index (Phi) is 2.21. The lowest BCUT2D eigenvalue weighted by molar-refractivity contribution is 0.715. The zero-order valence-corrected chi connectivity index (χ0v) is 9.83. The molecule has 0 spiro atoms. The molecule has 3 heterocycles. The number of fused-ring (bicyclic) bond motifs is 1. The molecular formula is C13H17N3. The third-order valence-corrected chi connectivity index (χ3v) is 3.51. The molecule has 0 aromatic carbocycles. The van der Waals surface area contributed by atoms with Crippen LogP contribution in [0.1, 0.15) is 29.4 Å². The molecule has 3 heteroatoms. The molecule has 84 valence electrons. The molecule has 16 heavy (non-hydrogen) atoms. The largest absolute Gasteiger partial charge is 0.316 e. The zero-order valence-electron chi connectivity index (χ0n) is 9.83. The molecule has 1 aliphatic heterocycles. The highest BCUT2D eigenvalue weighted by Crippen LogP contribution is 2.27. The molecule has 2 aromatic rings. The Morgan fingerprint density at radius 2 is 2.25 bits per heavy atom. The van der Waals surface area contributed by atoms with Crippen LogP contribution in [0.25, 0.3) is 5.65 Å². The van der Waals surface area contributed by atoms with Gasteiger partial charge in [0, 0.05) is 18.2 Å². The van der Waals surface area contributed by atoms with Crippen LogP contribution in [0.4, 0.5) is 0 Å². The minimum absolute atomic E-state index is 0.621. The van der Waals surface area contributed by atoms with E-state index in [-0.39, 0.29) is 0 Å². The fourth-order valence-corrected chi connectivity index (χ4v) is 2.76. The van der Waals surface area contributed by atoms with Crippen LogP contribution in [0.2, 0.25) is 0 Å². The number of nitrogens with one attached hydrogen (secondary N) is 1. The topological polar surface area (TPSA) is 29.3 Å². The van der Waals surface area contributed by atoms with E-state index in [9.17, 15) is 0 Å². The van der Waals surface area contributed by atoms with E-state index < -0.39 is 0 Å². The van der Waals surface area contributed by atoms with Crippen LogP contribution >= 0.6 is 0 Å². The van der Waals surface area contributed by atoms with Crippen LogP contribution in [0, 0.1) is 13.8 Å². The van der Waals surface area contributed by atoms with Gasteiger partial charge in [0.25, 0.3) is 0 Å². The summed E-state index contributed by atoms with van der Waals surface area (Å²) in [6, 6.07) is 6.32. The number of imidazole rings is 1. The first-order chi connectivity index (χ1) is 7.77. The molecule has 1 aliphatic rings. The summed E-state index contributed by atoms with van der Waals surface area (Å²) in [7, 11) is 0. The summed E-state index contributed by atoms with van der Waals surface area (Å²) in [6.45, 7) is 6.49. The number of pyridine rings is 1. The van der Waals surface area contributed by atoms with Crippen molar-refractivity contribution >= 4 is 5.65 Å². The molecule has 0 bridgehead atoms. The molecule has 0 amide bonds. The first kappa shape index (κ1) is 9.85. The summed E-state index contributed by atoms with van der Waals surface area (Å²) in [5.41, 5.74) is 4.94. The number of aryl methyl sites for hydroxylation is 2. The smallest absolute Gasteiger partial charge is 0.137 e. The van der Waals surface area contributed by atoms with Gasteiger partial charge in [0.05, 0.1) is 11.4 Å². The van der Waals surface area contributed by atoms with Gasteiger partial charge in [0.1, 0.15) is 5.65 Å². The first-order valence-electron chi connectivity index (χ1n) is 5.92. The van der Waals surface area contributed by atoms with Gasteiger partial charge < -0.3 is 9.72 Å². The van der Waals surface area contributed by atoms with E-state index in [0.29, 0.717) is 5.92 Å². The average Bonchev–Trinajstić information content (AvgIpc) is 2.84. The van der Waals surface area contributed by atoms with Crippen LogP contribution in [0.5, 0.6) is 0 Å². The Bertz CT molecular complexity index is 521. The fraction of sp³-hybridized carbons (Fsp3) is 0.462. The predicted octanol–water partition coefficient (Wildman–Crippen LogP) is 2.03. The molecular weight excluding hydrogens is 198 g/mol. The maximum Gasteiger partial charge on any atom is 0.137 e. The first-order valence-corrected chi connectivity index (χ1v) is 5.92. The summed E-state index contributed by atoms with van der Waals surface area (Å²) in [5, 5.41) is 3.43. The summed E-state index contributed by atoms with van der Waals surface area (Å²) in [6.07, 6.45) is 1.23. The van der Waals surface area contributed by atoms with E-state index in [0.717, 1.165) is 18.7 Å². The molecule has 1 saturated heterocycles. The highest BCUT2D eigenvalue weighted by molar-refractivity contribution is 5.46. The number of hydrogen-bond donors (Lipinski definition) is 1. The quantitative estimate of drug-likeness (QED) is 0.788. The number of rotatable bonds is 1. The van der Waals surface area contributed by atoms with Gasteiger partial charge in [0.15, 0.2) is 0 Å². The van der Waals surface area contributed by atoms with Crippen molar-refractivity contribution in [3.8, 4) is 0 Å². The van der Waals surface area contributed by atoms with Crippen molar-refractivity contribution < 1.29 is 0 Å². The van der Waals surface area contributed by atoms with E-state index in [4.69, 9.17) is 0 Å². The van der Waals surface area contributed by atoms with Crippen molar-refractivity contribution in [1.82, 2.24) is 14.7 Å². The van der Waals surface area contributed by atoms with E-state index >= 15 is 0 Å². The Morgan fingerprint density at radius 3 is 3.00 bits per heavy atom. The normalized spacial score (nSPS) is 20.8. The van der Waals surface area contributed by atoms with Crippen molar-refractivity contribution in [2.75, 3.05) is 13.1 Å². The van der Waals surface area contributed by atoms with Gasteiger partial charge in [-0.3, -0.25) is 0 Å². The maximum absolute atomic E-state index is 4.65. The standard InChI is InChI=1S/C13H17N3/c1-9-4-3-5-12-15-10(2)13(16(9)12)11-6-7-14-8-11/h3-5,11,14H,6-8H2,1-2H3. The highest BCUT2D eigenvalue weighted by atomic mass is 15.0. The fourth-order valence-electron chi connectivity index (χ4n) is 2.76. The molecule has 0 saturated carbocycles. The summed E-state index contributed by atoms with van der Waals surface area (Å²) >= 11 is 0. The average molecular weight is 215 g/mol. The van der Waals surface area contributed by atoms with E-state index in [1.54, 1.807) is 0 Å². The molecule has 1 N–H and O–H groups in total. The van der Waals surface area contributed by atoms with Crippen LogP contribution in [0.15, 0.2) is 18.2 Å². The second kappa shape index (κ2) is 3.59. The number of nitrogens with zero attached hydrogens (tertiary/aromatic N) is 2. The number of hydrogen-bond acceptors (Lipinski definition) is 2. The minimum Gasteiger partial charge on any atom is -0.316 e. The van der Waals surface area contributed by atoms with Crippen molar-refractivity contribution in [2.24, 2.45) is 0 Å². The third-order valence-electron chi connectivity index (χ3n) is 3.51. The SMILES string of the molecule is Cc1nc2cccc(C)n2c1C1CCNC1. The predicted molar refractivity (Wildman–Crippen MR) is 64.9 cm³/mol. The van der Waals surface area contributed by atoms with E-state index in [1.807, 2.05) is 0 Å². The summed E-state index contributed by atoms with van der Waals surface area (Å²) < 4.78 is 2.31. The minimum atomic E-state index is 0.621. The lowest BCUT2D eigenvalue weighted by Crippen LogP contribution is -2.10. The molecule has 3 rings (SSSR count).